The molecule has 0 saturated heterocycles. The summed E-state index contributed by atoms with van der Waals surface area (Å²) in [6.45, 7) is 0.977. The van der Waals surface area contributed by atoms with Crippen LogP contribution in [0.2, 0.25) is 0 Å². The van der Waals surface area contributed by atoms with Crippen LogP contribution in [-0.4, -0.2) is 27.1 Å². The van der Waals surface area contributed by atoms with Crippen LogP contribution in [0.5, 0.6) is 0 Å². The number of nitrogens with one attached hydrogen (secondary N) is 1. The Kier molecular flexibility index (Phi) is 7.78. The Balaban J connectivity index is 1.92. The Morgan fingerprint density at radius 2 is 1.74 bits per heavy atom. The molecular formula is C23H19BrF3N3O3S. The third-order valence-electron chi connectivity index (χ3n) is 4.61. The molecule has 1 amide bonds. The van der Waals surface area contributed by atoms with Crippen molar-refractivity contribution in [3.05, 3.63) is 94.0 Å². The van der Waals surface area contributed by atoms with Gasteiger partial charge in [0.05, 0.1) is 22.4 Å². The number of rotatable bonds is 7. The zero-order valence-electron chi connectivity index (χ0n) is 17.8. The van der Waals surface area contributed by atoms with Crippen LogP contribution in [0.4, 0.5) is 18.9 Å². The van der Waals surface area contributed by atoms with E-state index in [1.54, 1.807) is 43.3 Å². The Morgan fingerprint density at radius 1 is 1.06 bits per heavy atom. The van der Waals surface area contributed by atoms with E-state index in [4.69, 9.17) is 0 Å². The van der Waals surface area contributed by atoms with Gasteiger partial charge in [0.2, 0.25) is 0 Å². The summed E-state index contributed by atoms with van der Waals surface area (Å²) in [5.41, 5.74) is 2.33. The van der Waals surface area contributed by atoms with Gasteiger partial charge in [0.15, 0.2) is 0 Å². The second-order valence-electron chi connectivity index (χ2n) is 7.22. The number of hydrazone groups is 1. The quantitative estimate of drug-likeness (QED) is 0.325. The topological polar surface area (TPSA) is 78.8 Å². The molecule has 3 rings (SSSR count). The van der Waals surface area contributed by atoms with Crippen LogP contribution in [0, 0.1) is 6.92 Å². The van der Waals surface area contributed by atoms with Gasteiger partial charge < -0.3 is 0 Å². The predicted molar refractivity (Wildman–Crippen MR) is 127 cm³/mol. The van der Waals surface area contributed by atoms with Crippen molar-refractivity contribution in [2.45, 2.75) is 18.0 Å². The van der Waals surface area contributed by atoms with Gasteiger partial charge in [0, 0.05) is 4.47 Å². The molecule has 0 saturated carbocycles. The standard InChI is InChI=1S/C23H19BrF3N3O3S/c1-16-8-10-21(11-9-16)34(32,33)30(20-7-3-5-18(13-20)23(25,26)27)15-22(31)29-28-14-17-4-2-6-19(24)12-17/h2-14H,15H2,1H3,(H,29,31)/b28-14-. The highest BCUT2D eigenvalue weighted by Gasteiger charge is 2.33. The van der Waals surface area contributed by atoms with Gasteiger partial charge in [0.1, 0.15) is 6.54 Å². The van der Waals surface area contributed by atoms with Crippen molar-refractivity contribution in [1.29, 1.82) is 0 Å². The second kappa shape index (κ2) is 10.4. The van der Waals surface area contributed by atoms with E-state index < -0.39 is 34.2 Å². The van der Waals surface area contributed by atoms with Crippen LogP contribution < -0.4 is 9.73 Å². The van der Waals surface area contributed by atoms with Gasteiger partial charge in [-0.1, -0.05) is 51.8 Å². The summed E-state index contributed by atoms with van der Waals surface area (Å²) in [7, 11) is -4.36. The highest BCUT2D eigenvalue weighted by molar-refractivity contribution is 9.10. The molecule has 0 aliphatic heterocycles. The fraction of sp³-hybridized carbons (Fsp3) is 0.130. The lowest BCUT2D eigenvalue weighted by Gasteiger charge is -2.24. The van der Waals surface area contributed by atoms with Crippen molar-refractivity contribution in [2.24, 2.45) is 5.10 Å². The summed E-state index contributed by atoms with van der Waals surface area (Å²) in [4.78, 5) is 12.4. The van der Waals surface area contributed by atoms with E-state index in [1.165, 1.54) is 24.4 Å². The third kappa shape index (κ3) is 6.45. The van der Waals surface area contributed by atoms with Gasteiger partial charge in [-0.15, -0.1) is 0 Å². The maximum Gasteiger partial charge on any atom is 0.416 e. The summed E-state index contributed by atoms with van der Waals surface area (Å²) in [6, 6.07) is 16.6. The molecule has 0 aromatic heterocycles. The molecule has 0 aliphatic rings. The van der Waals surface area contributed by atoms with Crippen molar-refractivity contribution in [1.82, 2.24) is 5.43 Å². The number of benzene rings is 3. The SMILES string of the molecule is Cc1ccc(S(=O)(=O)N(CC(=O)N/N=C\c2cccc(Br)c2)c2cccc(C(F)(F)F)c2)cc1. The lowest BCUT2D eigenvalue weighted by atomic mass is 10.2. The Bertz CT molecular complexity index is 1310. The molecule has 0 spiro atoms. The largest absolute Gasteiger partial charge is 0.416 e. The first-order chi connectivity index (χ1) is 16.0. The maximum absolute atomic E-state index is 13.3. The predicted octanol–water partition coefficient (Wildman–Crippen LogP) is 5.12. The van der Waals surface area contributed by atoms with E-state index >= 15 is 0 Å². The maximum atomic E-state index is 13.3. The molecule has 34 heavy (non-hydrogen) atoms. The molecular weight excluding hydrogens is 535 g/mol. The Morgan fingerprint density at radius 3 is 2.38 bits per heavy atom. The van der Waals surface area contributed by atoms with E-state index in [1.807, 2.05) is 0 Å². The third-order valence-corrected chi connectivity index (χ3v) is 6.89. The number of carbonyl (C=O) groups is 1. The Hall–Kier alpha value is -3.18. The number of sulfonamides is 1. The van der Waals surface area contributed by atoms with Crippen LogP contribution in [0.15, 0.2) is 87.3 Å². The van der Waals surface area contributed by atoms with Gasteiger partial charge in [-0.3, -0.25) is 9.10 Å². The van der Waals surface area contributed by atoms with E-state index in [2.05, 4.69) is 26.5 Å². The molecule has 1 N–H and O–H groups in total. The van der Waals surface area contributed by atoms with Crippen molar-refractivity contribution >= 4 is 43.8 Å². The number of aryl methyl sites for hydroxylation is 1. The molecule has 0 unspecified atom stereocenters. The lowest BCUT2D eigenvalue weighted by Crippen LogP contribution is -2.39. The molecule has 0 atom stereocenters. The first-order valence-electron chi connectivity index (χ1n) is 9.81. The highest BCUT2D eigenvalue weighted by Crippen LogP contribution is 2.33. The van der Waals surface area contributed by atoms with E-state index in [0.717, 1.165) is 22.2 Å². The molecule has 3 aromatic carbocycles. The number of hydrogen-bond donors (Lipinski definition) is 1. The van der Waals surface area contributed by atoms with E-state index in [-0.39, 0.29) is 10.6 Å². The van der Waals surface area contributed by atoms with Gasteiger partial charge in [0.25, 0.3) is 15.9 Å². The molecule has 0 heterocycles. The van der Waals surface area contributed by atoms with E-state index in [9.17, 15) is 26.4 Å². The minimum atomic E-state index is -4.69. The van der Waals surface area contributed by atoms with Gasteiger partial charge in [-0.2, -0.15) is 18.3 Å². The molecule has 6 nitrogen and oxygen atoms in total. The number of anilines is 1. The molecule has 0 fully saturated rings. The fourth-order valence-corrected chi connectivity index (χ4v) is 4.75. The van der Waals surface area contributed by atoms with Crippen LogP contribution in [0.3, 0.4) is 0 Å². The number of halogens is 4. The minimum Gasteiger partial charge on any atom is -0.271 e. The minimum absolute atomic E-state index is 0.166. The molecule has 178 valence electrons. The fourth-order valence-electron chi connectivity index (χ4n) is 2.92. The second-order valence-corrected chi connectivity index (χ2v) is 10.00. The number of hydrogen-bond acceptors (Lipinski definition) is 4. The first-order valence-corrected chi connectivity index (χ1v) is 12.0. The van der Waals surface area contributed by atoms with E-state index in [0.29, 0.717) is 15.9 Å². The first kappa shape index (κ1) is 25.4. The van der Waals surface area contributed by atoms with Crippen molar-refractivity contribution in [3.8, 4) is 0 Å². The number of nitrogens with zero attached hydrogens (tertiary/aromatic N) is 2. The van der Waals surface area contributed by atoms with Crippen LogP contribution in [0.1, 0.15) is 16.7 Å². The molecule has 11 heteroatoms. The normalized spacial score (nSPS) is 12.0. The van der Waals surface area contributed by atoms with Crippen LogP contribution in [0.25, 0.3) is 0 Å². The van der Waals surface area contributed by atoms with Gasteiger partial charge in [-0.25, -0.2) is 13.8 Å². The van der Waals surface area contributed by atoms with Crippen molar-refractivity contribution in [2.75, 3.05) is 10.8 Å². The highest BCUT2D eigenvalue weighted by atomic mass is 79.9. The molecule has 0 bridgehead atoms. The summed E-state index contributed by atoms with van der Waals surface area (Å²) >= 11 is 3.31. The number of alkyl halides is 3. The number of amides is 1. The summed E-state index contributed by atoms with van der Waals surface area (Å²) in [5.74, 6) is -0.834. The zero-order chi connectivity index (χ0) is 24.9. The average molecular weight is 554 g/mol. The zero-order valence-corrected chi connectivity index (χ0v) is 20.2. The van der Waals surface area contributed by atoms with Crippen molar-refractivity contribution < 1.29 is 26.4 Å². The molecule has 0 aliphatic carbocycles. The summed E-state index contributed by atoms with van der Waals surface area (Å²) in [5, 5.41) is 3.81. The van der Waals surface area contributed by atoms with Crippen molar-refractivity contribution in [3.63, 3.8) is 0 Å². The lowest BCUT2D eigenvalue weighted by molar-refractivity contribution is -0.137. The van der Waals surface area contributed by atoms with Gasteiger partial charge in [-0.05, 0) is 55.0 Å². The molecule has 3 aromatic rings. The Labute approximate surface area is 203 Å². The monoisotopic (exact) mass is 553 g/mol. The summed E-state index contributed by atoms with van der Waals surface area (Å²) in [6.07, 6.45) is -3.34. The average Bonchev–Trinajstić information content (AvgIpc) is 2.77. The summed E-state index contributed by atoms with van der Waals surface area (Å²) < 4.78 is 67.7. The van der Waals surface area contributed by atoms with Crippen LogP contribution >= 0.6 is 15.9 Å². The van der Waals surface area contributed by atoms with Gasteiger partial charge >= 0.3 is 6.18 Å². The number of carbonyl (C=O) groups excluding carboxylic acids is 1. The molecule has 0 radical (unpaired) electrons. The van der Waals surface area contributed by atoms with Crippen LogP contribution in [-0.2, 0) is 21.0 Å². The smallest absolute Gasteiger partial charge is 0.271 e.